The third-order valence-electron chi connectivity index (χ3n) is 4.75. The molecule has 0 aromatic heterocycles. The van der Waals surface area contributed by atoms with Gasteiger partial charge >= 0.3 is 6.09 Å². The molecule has 2 N–H and O–H groups in total. The van der Waals surface area contributed by atoms with Crippen LogP contribution in [0.3, 0.4) is 0 Å². The molecule has 1 atom stereocenters. The number of carbonyl (C=O) groups is 2. The van der Waals surface area contributed by atoms with Crippen molar-refractivity contribution in [1.82, 2.24) is 5.32 Å². The van der Waals surface area contributed by atoms with E-state index in [0.29, 0.717) is 22.8 Å². The molecular weight excluding hydrogens is 424 g/mol. The number of hydrogen-bond donors (Lipinski definition) is 3. The Bertz CT molecular complexity index is 1050. The Hall–Kier alpha value is -3.45. The zero-order valence-electron chi connectivity index (χ0n) is 18.0. The Kier molecular flexibility index (Phi) is 8.16. The van der Waals surface area contributed by atoms with Crippen LogP contribution in [0.4, 0.5) is 10.5 Å². The average Bonchev–Trinajstić information content (AvgIpc) is 2.80. The third-order valence-corrected chi connectivity index (χ3v) is 5.14. The second-order valence-electron chi connectivity index (χ2n) is 7.07. The molecule has 0 aliphatic heterocycles. The van der Waals surface area contributed by atoms with Crippen LogP contribution in [0.25, 0.3) is 0 Å². The summed E-state index contributed by atoms with van der Waals surface area (Å²) in [6.45, 7) is 4.62. The minimum Gasteiger partial charge on any atom is -0.494 e. The summed E-state index contributed by atoms with van der Waals surface area (Å²) in [7, 11) is 0. The van der Waals surface area contributed by atoms with E-state index in [1.165, 1.54) is 0 Å². The number of thiol groups is 1. The Morgan fingerprint density at radius 2 is 1.66 bits per heavy atom. The monoisotopic (exact) mass is 450 g/mol. The number of rotatable bonds is 8. The molecule has 6 nitrogen and oxygen atoms in total. The van der Waals surface area contributed by atoms with E-state index in [1.54, 1.807) is 30.3 Å². The summed E-state index contributed by atoms with van der Waals surface area (Å²) < 4.78 is 10.9. The zero-order chi connectivity index (χ0) is 22.9. The lowest BCUT2D eigenvalue weighted by molar-refractivity contribution is 0.102. The second kappa shape index (κ2) is 11.2. The van der Waals surface area contributed by atoms with Crippen LogP contribution in [-0.2, 0) is 11.3 Å². The molecule has 3 aromatic rings. The van der Waals surface area contributed by atoms with E-state index in [1.807, 2.05) is 56.3 Å². The predicted molar refractivity (Wildman–Crippen MR) is 127 cm³/mol. The van der Waals surface area contributed by atoms with E-state index < -0.39 is 12.2 Å². The van der Waals surface area contributed by atoms with Crippen LogP contribution in [0.2, 0.25) is 0 Å². The highest BCUT2D eigenvalue weighted by Crippen LogP contribution is 2.21. The average molecular weight is 451 g/mol. The lowest BCUT2D eigenvalue weighted by Crippen LogP contribution is -2.25. The van der Waals surface area contributed by atoms with Gasteiger partial charge in [0.05, 0.1) is 12.3 Å². The van der Waals surface area contributed by atoms with Crippen molar-refractivity contribution in [2.24, 2.45) is 0 Å². The fourth-order valence-corrected chi connectivity index (χ4v) is 3.21. The van der Waals surface area contributed by atoms with Crippen molar-refractivity contribution in [3.63, 3.8) is 0 Å². The summed E-state index contributed by atoms with van der Waals surface area (Å²) >= 11 is 4.34. The van der Waals surface area contributed by atoms with Crippen molar-refractivity contribution >= 4 is 30.3 Å². The van der Waals surface area contributed by atoms with E-state index in [2.05, 4.69) is 23.3 Å². The molecule has 0 unspecified atom stereocenters. The molecule has 166 valence electrons. The SMILES string of the molecule is CCOc1ccc([C@H](C)OC(=O)NCc2ccc(C(=O)Nc3ccccc3S)cc2)cc1. The number of para-hydroxylation sites is 1. The number of anilines is 1. The summed E-state index contributed by atoms with van der Waals surface area (Å²) in [5.74, 6) is 0.550. The highest BCUT2D eigenvalue weighted by Gasteiger charge is 2.12. The molecule has 0 aliphatic rings. The Labute approximate surface area is 193 Å². The quantitative estimate of drug-likeness (QED) is 0.390. The van der Waals surface area contributed by atoms with Crippen molar-refractivity contribution in [3.8, 4) is 5.75 Å². The maximum Gasteiger partial charge on any atom is 0.408 e. The molecule has 32 heavy (non-hydrogen) atoms. The molecule has 7 heteroatoms. The van der Waals surface area contributed by atoms with Gasteiger partial charge in [-0.05, 0) is 61.4 Å². The van der Waals surface area contributed by atoms with Crippen LogP contribution in [0.5, 0.6) is 5.75 Å². The molecule has 0 aliphatic carbocycles. The predicted octanol–water partition coefficient (Wildman–Crippen LogP) is 5.61. The Balaban J connectivity index is 1.48. The maximum atomic E-state index is 12.4. The second-order valence-corrected chi connectivity index (χ2v) is 7.55. The topological polar surface area (TPSA) is 76.7 Å². The lowest BCUT2D eigenvalue weighted by atomic mass is 10.1. The van der Waals surface area contributed by atoms with Crippen molar-refractivity contribution < 1.29 is 19.1 Å². The highest BCUT2D eigenvalue weighted by molar-refractivity contribution is 7.80. The summed E-state index contributed by atoms with van der Waals surface area (Å²) in [4.78, 5) is 25.3. The molecule has 0 radical (unpaired) electrons. The van der Waals surface area contributed by atoms with Gasteiger partial charge < -0.3 is 20.1 Å². The van der Waals surface area contributed by atoms with Gasteiger partial charge in [-0.25, -0.2) is 4.79 Å². The largest absolute Gasteiger partial charge is 0.494 e. The van der Waals surface area contributed by atoms with Crippen LogP contribution >= 0.6 is 12.6 Å². The van der Waals surface area contributed by atoms with Crippen molar-refractivity contribution in [2.75, 3.05) is 11.9 Å². The van der Waals surface area contributed by atoms with E-state index in [-0.39, 0.29) is 12.5 Å². The van der Waals surface area contributed by atoms with E-state index in [0.717, 1.165) is 16.9 Å². The standard InChI is InChI=1S/C25H26N2O4S/c1-3-30-21-14-12-19(13-15-21)17(2)31-25(29)26-16-18-8-10-20(11-9-18)24(28)27-22-6-4-5-7-23(22)32/h4-15,17,32H,3,16H2,1-2H3,(H,26,29)(H,27,28)/t17-/m0/s1. The molecule has 0 saturated carbocycles. The van der Waals surface area contributed by atoms with Crippen molar-refractivity contribution in [1.29, 1.82) is 0 Å². The number of alkyl carbamates (subject to hydrolysis) is 1. The minimum absolute atomic E-state index is 0.227. The molecule has 3 aromatic carbocycles. The third kappa shape index (κ3) is 6.52. The van der Waals surface area contributed by atoms with Crippen LogP contribution in [0, 0.1) is 0 Å². The molecule has 0 heterocycles. The molecule has 3 rings (SSSR count). The van der Waals surface area contributed by atoms with Gasteiger partial charge in [0.25, 0.3) is 5.91 Å². The van der Waals surface area contributed by atoms with Gasteiger partial charge in [0, 0.05) is 17.0 Å². The first-order valence-electron chi connectivity index (χ1n) is 10.3. The lowest BCUT2D eigenvalue weighted by Gasteiger charge is -2.15. The number of amides is 2. The smallest absolute Gasteiger partial charge is 0.408 e. The fraction of sp³-hybridized carbons (Fsp3) is 0.200. The molecule has 0 fully saturated rings. The molecule has 0 spiro atoms. The van der Waals surface area contributed by atoms with E-state index >= 15 is 0 Å². The van der Waals surface area contributed by atoms with Gasteiger partial charge in [-0.1, -0.05) is 36.4 Å². The van der Waals surface area contributed by atoms with Crippen molar-refractivity contribution in [2.45, 2.75) is 31.4 Å². The van der Waals surface area contributed by atoms with Crippen LogP contribution in [-0.4, -0.2) is 18.6 Å². The van der Waals surface area contributed by atoms with Gasteiger partial charge in [0.15, 0.2) is 0 Å². The first kappa shape index (κ1) is 23.2. The van der Waals surface area contributed by atoms with E-state index in [9.17, 15) is 9.59 Å². The Morgan fingerprint density at radius 1 is 0.969 bits per heavy atom. The maximum absolute atomic E-state index is 12.4. The van der Waals surface area contributed by atoms with Crippen molar-refractivity contribution in [3.05, 3.63) is 89.5 Å². The summed E-state index contributed by atoms with van der Waals surface area (Å²) in [6, 6.07) is 21.7. The number of benzene rings is 3. The van der Waals surface area contributed by atoms with E-state index in [4.69, 9.17) is 9.47 Å². The van der Waals surface area contributed by atoms with Gasteiger partial charge in [-0.3, -0.25) is 4.79 Å². The highest BCUT2D eigenvalue weighted by atomic mass is 32.1. The molecule has 0 saturated heterocycles. The number of carbonyl (C=O) groups excluding carboxylic acids is 2. The summed E-state index contributed by atoms with van der Waals surface area (Å²) in [5, 5.41) is 5.56. The van der Waals surface area contributed by atoms with Gasteiger partial charge in [-0.15, -0.1) is 12.6 Å². The summed E-state index contributed by atoms with van der Waals surface area (Å²) in [6.07, 6.45) is -0.912. The molecule has 0 bridgehead atoms. The van der Waals surface area contributed by atoms with Gasteiger partial charge in [0.2, 0.25) is 0 Å². The normalized spacial score (nSPS) is 11.3. The van der Waals surface area contributed by atoms with Gasteiger partial charge in [-0.2, -0.15) is 0 Å². The number of ether oxygens (including phenoxy) is 2. The van der Waals surface area contributed by atoms with Gasteiger partial charge in [0.1, 0.15) is 11.9 Å². The number of hydrogen-bond acceptors (Lipinski definition) is 5. The number of nitrogens with one attached hydrogen (secondary N) is 2. The zero-order valence-corrected chi connectivity index (χ0v) is 18.9. The first-order valence-corrected chi connectivity index (χ1v) is 10.8. The van der Waals surface area contributed by atoms with Crippen LogP contribution in [0.1, 0.15) is 41.4 Å². The summed E-state index contributed by atoms with van der Waals surface area (Å²) in [5.41, 5.74) is 2.89. The van der Waals surface area contributed by atoms with Crippen LogP contribution < -0.4 is 15.4 Å². The molecule has 2 amide bonds. The Morgan fingerprint density at radius 3 is 2.31 bits per heavy atom. The first-order chi connectivity index (χ1) is 15.5. The fourth-order valence-electron chi connectivity index (χ4n) is 2.99. The van der Waals surface area contributed by atoms with Crippen LogP contribution in [0.15, 0.2) is 77.7 Å². The molecular formula is C25H26N2O4S. The minimum atomic E-state index is -0.515.